The summed E-state index contributed by atoms with van der Waals surface area (Å²) in [6, 6.07) is 7.10. The highest BCUT2D eigenvalue weighted by atomic mass is 16.6. The Kier molecular flexibility index (Phi) is 3.12. The Morgan fingerprint density at radius 3 is 2.88 bits per heavy atom. The van der Waals surface area contributed by atoms with Gasteiger partial charge in [0.05, 0.1) is 11.8 Å². The highest BCUT2D eigenvalue weighted by molar-refractivity contribution is 5.62. The van der Waals surface area contributed by atoms with Crippen molar-refractivity contribution in [3.8, 4) is 17.2 Å². The van der Waals surface area contributed by atoms with Crippen molar-refractivity contribution in [1.29, 1.82) is 0 Å². The SMILES string of the molecule is CCC(N)(O)Oc1ccccc1-c1ncco1. The van der Waals surface area contributed by atoms with E-state index in [0.717, 1.165) is 0 Å². The van der Waals surface area contributed by atoms with Crippen molar-refractivity contribution in [1.82, 2.24) is 4.98 Å². The molecule has 0 amide bonds. The Balaban J connectivity index is 2.35. The number of ether oxygens (including phenoxy) is 1. The molecule has 1 heterocycles. The van der Waals surface area contributed by atoms with Gasteiger partial charge in [0.15, 0.2) is 0 Å². The maximum absolute atomic E-state index is 9.70. The van der Waals surface area contributed by atoms with E-state index in [4.69, 9.17) is 14.9 Å². The molecule has 0 aliphatic rings. The maximum Gasteiger partial charge on any atom is 0.265 e. The first kappa shape index (κ1) is 11.6. The zero-order chi connectivity index (χ0) is 12.3. The fraction of sp³-hybridized carbons (Fsp3) is 0.250. The predicted molar refractivity (Wildman–Crippen MR) is 62.0 cm³/mol. The average molecular weight is 234 g/mol. The van der Waals surface area contributed by atoms with Crippen molar-refractivity contribution < 1.29 is 14.3 Å². The molecule has 5 heteroatoms. The van der Waals surface area contributed by atoms with Gasteiger partial charge in [-0.25, -0.2) is 4.98 Å². The lowest BCUT2D eigenvalue weighted by atomic mass is 10.2. The molecular formula is C12H14N2O3. The summed E-state index contributed by atoms with van der Waals surface area (Å²) in [6.45, 7) is 1.73. The molecule has 0 fully saturated rings. The van der Waals surface area contributed by atoms with Gasteiger partial charge in [0.25, 0.3) is 5.91 Å². The summed E-state index contributed by atoms with van der Waals surface area (Å²) in [5, 5.41) is 9.70. The van der Waals surface area contributed by atoms with Gasteiger partial charge >= 0.3 is 0 Å². The molecule has 5 nitrogen and oxygen atoms in total. The van der Waals surface area contributed by atoms with Crippen LogP contribution in [0, 0.1) is 0 Å². The van der Waals surface area contributed by atoms with Crippen LogP contribution >= 0.6 is 0 Å². The summed E-state index contributed by atoms with van der Waals surface area (Å²) in [6.07, 6.45) is 3.29. The Bertz CT molecular complexity index is 480. The molecular weight excluding hydrogens is 220 g/mol. The van der Waals surface area contributed by atoms with E-state index in [1.807, 2.05) is 6.07 Å². The molecule has 0 aliphatic heterocycles. The van der Waals surface area contributed by atoms with Gasteiger partial charge < -0.3 is 14.3 Å². The van der Waals surface area contributed by atoms with E-state index < -0.39 is 5.91 Å². The predicted octanol–water partition coefficient (Wildman–Crippen LogP) is 1.74. The second kappa shape index (κ2) is 4.57. The Hall–Kier alpha value is -1.85. The first-order valence-corrected chi connectivity index (χ1v) is 5.31. The topological polar surface area (TPSA) is 81.5 Å². The number of rotatable bonds is 4. The third kappa shape index (κ3) is 2.64. The van der Waals surface area contributed by atoms with Crippen LogP contribution in [0.4, 0.5) is 0 Å². The molecule has 90 valence electrons. The minimum atomic E-state index is -1.69. The van der Waals surface area contributed by atoms with Gasteiger partial charge in [0.1, 0.15) is 12.0 Å². The second-order valence-electron chi connectivity index (χ2n) is 3.63. The first-order valence-electron chi connectivity index (χ1n) is 5.31. The number of aromatic nitrogens is 1. The fourth-order valence-corrected chi connectivity index (χ4v) is 1.35. The number of hydrogen-bond acceptors (Lipinski definition) is 5. The number of hydrogen-bond donors (Lipinski definition) is 2. The van der Waals surface area contributed by atoms with E-state index in [9.17, 15) is 5.11 Å². The van der Waals surface area contributed by atoms with Crippen LogP contribution in [0.3, 0.4) is 0 Å². The number of oxazole rings is 1. The Morgan fingerprint density at radius 2 is 2.24 bits per heavy atom. The zero-order valence-electron chi connectivity index (χ0n) is 9.46. The Morgan fingerprint density at radius 1 is 1.47 bits per heavy atom. The third-order valence-electron chi connectivity index (χ3n) is 2.34. The van der Waals surface area contributed by atoms with Crippen LogP contribution in [-0.4, -0.2) is 16.0 Å². The second-order valence-corrected chi connectivity index (χ2v) is 3.63. The number of benzene rings is 1. The van der Waals surface area contributed by atoms with Crippen LogP contribution in [0.15, 0.2) is 41.1 Å². The monoisotopic (exact) mass is 234 g/mol. The molecule has 1 atom stereocenters. The number of para-hydroxylation sites is 1. The maximum atomic E-state index is 9.70. The smallest absolute Gasteiger partial charge is 0.265 e. The number of nitrogens with zero attached hydrogens (tertiary/aromatic N) is 1. The van der Waals surface area contributed by atoms with Crippen molar-refractivity contribution in [2.45, 2.75) is 19.3 Å². The van der Waals surface area contributed by atoms with Gasteiger partial charge in [0, 0.05) is 6.42 Å². The summed E-state index contributed by atoms with van der Waals surface area (Å²) in [4.78, 5) is 4.03. The molecule has 17 heavy (non-hydrogen) atoms. The fourth-order valence-electron chi connectivity index (χ4n) is 1.35. The summed E-state index contributed by atoms with van der Waals surface area (Å²) in [5.74, 6) is -0.836. The summed E-state index contributed by atoms with van der Waals surface area (Å²) in [7, 11) is 0. The molecule has 0 bridgehead atoms. The van der Waals surface area contributed by atoms with Crippen molar-refractivity contribution in [2.75, 3.05) is 0 Å². The molecule has 1 aromatic carbocycles. The number of aliphatic hydroxyl groups is 1. The van der Waals surface area contributed by atoms with Crippen molar-refractivity contribution in [3.05, 3.63) is 36.7 Å². The molecule has 1 unspecified atom stereocenters. The summed E-state index contributed by atoms with van der Waals surface area (Å²) in [5.41, 5.74) is 6.20. The van der Waals surface area contributed by atoms with Crippen LogP contribution in [0.5, 0.6) is 5.75 Å². The lowest BCUT2D eigenvalue weighted by Gasteiger charge is -2.23. The minimum absolute atomic E-state index is 0.271. The van der Waals surface area contributed by atoms with Crippen LogP contribution in [0.2, 0.25) is 0 Å². The van der Waals surface area contributed by atoms with E-state index in [1.165, 1.54) is 6.26 Å². The van der Waals surface area contributed by atoms with Crippen molar-refractivity contribution in [3.63, 3.8) is 0 Å². The average Bonchev–Trinajstić information content (AvgIpc) is 2.83. The van der Waals surface area contributed by atoms with Crippen LogP contribution in [-0.2, 0) is 0 Å². The van der Waals surface area contributed by atoms with Gasteiger partial charge in [-0.1, -0.05) is 19.1 Å². The van der Waals surface area contributed by atoms with Crippen LogP contribution in [0.25, 0.3) is 11.5 Å². The summed E-state index contributed by atoms with van der Waals surface area (Å²) < 4.78 is 10.5. The van der Waals surface area contributed by atoms with E-state index in [0.29, 0.717) is 17.2 Å². The minimum Gasteiger partial charge on any atom is -0.448 e. The molecule has 1 aromatic heterocycles. The molecule has 2 rings (SSSR count). The van der Waals surface area contributed by atoms with Crippen molar-refractivity contribution in [2.24, 2.45) is 5.73 Å². The van der Waals surface area contributed by atoms with Crippen LogP contribution < -0.4 is 10.5 Å². The molecule has 0 saturated carbocycles. The molecule has 0 spiro atoms. The molecule has 0 aliphatic carbocycles. The van der Waals surface area contributed by atoms with E-state index in [-0.39, 0.29) is 6.42 Å². The molecule has 0 saturated heterocycles. The van der Waals surface area contributed by atoms with E-state index in [1.54, 1.807) is 31.3 Å². The highest BCUT2D eigenvalue weighted by Crippen LogP contribution is 2.30. The lowest BCUT2D eigenvalue weighted by molar-refractivity contribution is -0.133. The third-order valence-corrected chi connectivity index (χ3v) is 2.34. The van der Waals surface area contributed by atoms with Gasteiger partial charge in [-0.05, 0) is 12.1 Å². The molecule has 0 radical (unpaired) electrons. The highest BCUT2D eigenvalue weighted by Gasteiger charge is 2.22. The van der Waals surface area contributed by atoms with Gasteiger partial charge in [-0.2, -0.15) is 0 Å². The Labute approximate surface area is 98.8 Å². The normalized spacial score (nSPS) is 14.3. The standard InChI is InChI=1S/C12H14N2O3/c1-2-12(13,15)17-10-6-4-3-5-9(10)11-14-7-8-16-11/h3-8,15H,2,13H2,1H3. The van der Waals surface area contributed by atoms with Crippen molar-refractivity contribution >= 4 is 0 Å². The summed E-state index contributed by atoms with van der Waals surface area (Å²) >= 11 is 0. The van der Waals surface area contributed by atoms with Crippen LogP contribution in [0.1, 0.15) is 13.3 Å². The quantitative estimate of drug-likeness (QED) is 0.787. The van der Waals surface area contributed by atoms with Gasteiger partial charge in [-0.3, -0.25) is 5.73 Å². The first-order chi connectivity index (χ1) is 8.12. The van der Waals surface area contributed by atoms with Gasteiger partial charge in [-0.15, -0.1) is 0 Å². The largest absolute Gasteiger partial charge is 0.448 e. The lowest BCUT2D eigenvalue weighted by Crippen LogP contribution is -2.45. The number of nitrogens with two attached hydrogens (primary N) is 1. The van der Waals surface area contributed by atoms with Gasteiger partial charge in [0.2, 0.25) is 5.89 Å². The molecule has 3 N–H and O–H groups in total. The zero-order valence-corrected chi connectivity index (χ0v) is 9.46. The van der Waals surface area contributed by atoms with E-state index >= 15 is 0 Å². The molecule has 2 aromatic rings. The van der Waals surface area contributed by atoms with E-state index in [2.05, 4.69) is 4.98 Å².